The van der Waals surface area contributed by atoms with E-state index in [2.05, 4.69) is 6.07 Å². The van der Waals surface area contributed by atoms with Crippen molar-refractivity contribution >= 4 is 26.7 Å². The first-order valence-electron chi connectivity index (χ1n) is 8.24. The van der Waals surface area contributed by atoms with E-state index in [-0.39, 0.29) is 12.2 Å². The standard InChI is InChI=1S/C20H16N2O3S/c1-26(24,25)22-16-10-6-5-9-15(16)18-17(22)11-12-20(13-21,19(18)23)14-7-3-2-4-8-14/h2-10H,11-12H2,1H3/t20-/m0/s1. The Hall–Kier alpha value is -2.91. The van der Waals surface area contributed by atoms with Crippen molar-refractivity contribution < 1.29 is 13.2 Å². The maximum Gasteiger partial charge on any atom is 0.236 e. The van der Waals surface area contributed by atoms with Crippen LogP contribution in [0.25, 0.3) is 10.9 Å². The molecule has 1 aromatic heterocycles. The van der Waals surface area contributed by atoms with Gasteiger partial charge in [0.25, 0.3) is 0 Å². The molecular weight excluding hydrogens is 348 g/mol. The summed E-state index contributed by atoms with van der Waals surface area (Å²) in [6, 6.07) is 18.2. The first kappa shape index (κ1) is 16.6. The zero-order valence-corrected chi connectivity index (χ0v) is 15.0. The quantitative estimate of drug-likeness (QED) is 0.700. The second kappa shape index (κ2) is 5.55. The molecule has 1 atom stereocenters. The summed E-state index contributed by atoms with van der Waals surface area (Å²) in [5, 5.41) is 10.5. The Morgan fingerprint density at radius 3 is 2.38 bits per heavy atom. The van der Waals surface area contributed by atoms with Crippen LogP contribution in [0.5, 0.6) is 0 Å². The van der Waals surface area contributed by atoms with Gasteiger partial charge in [0.05, 0.1) is 17.8 Å². The largest absolute Gasteiger partial charge is 0.292 e. The van der Waals surface area contributed by atoms with E-state index in [0.717, 1.165) is 6.26 Å². The van der Waals surface area contributed by atoms with Crippen molar-refractivity contribution in [3.8, 4) is 6.07 Å². The first-order chi connectivity index (χ1) is 12.4. The minimum atomic E-state index is -3.58. The summed E-state index contributed by atoms with van der Waals surface area (Å²) in [5.41, 5.74) is 0.661. The van der Waals surface area contributed by atoms with Crippen molar-refractivity contribution in [2.24, 2.45) is 0 Å². The molecule has 130 valence electrons. The van der Waals surface area contributed by atoms with Gasteiger partial charge in [0.1, 0.15) is 5.41 Å². The molecular formula is C20H16N2O3S. The summed E-state index contributed by atoms with van der Waals surface area (Å²) < 4.78 is 26.0. The van der Waals surface area contributed by atoms with Crippen LogP contribution in [0.2, 0.25) is 0 Å². The summed E-state index contributed by atoms with van der Waals surface area (Å²) >= 11 is 0. The molecule has 6 heteroatoms. The van der Waals surface area contributed by atoms with E-state index in [1.54, 1.807) is 48.5 Å². The number of nitrogens with zero attached hydrogens (tertiary/aromatic N) is 2. The number of hydrogen-bond acceptors (Lipinski definition) is 4. The Kier molecular flexibility index (Phi) is 3.53. The predicted molar refractivity (Wildman–Crippen MR) is 98.6 cm³/mol. The van der Waals surface area contributed by atoms with Gasteiger partial charge in [-0.05, 0) is 24.5 Å². The van der Waals surface area contributed by atoms with Crippen LogP contribution in [0, 0.1) is 11.3 Å². The third-order valence-corrected chi connectivity index (χ3v) is 6.15. The van der Waals surface area contributed by atoms with Crippen LogP contribution in [0.3, 0.4) is 0 Å². The van der Waals surface area contributed by atoms with Gasteiger partial charge in [0.2, 0.25) is 10.0 Å². The second-order valence-corrected chi connectivity index (χ2v) is 8.41. The number of ketones is 1. The van der Waals surface area contributed by atoms with Crippen LogP contribution < -0.4 is 0 Å². The minimum Gasteiger partial charge on any atom is -0.292 e. The number of para-hydroxylation sites is 1. The van der Waals surface area contributed by atoms with Gasteiger partial charge in [-0.1, -0.05) is 48.5 Å². The van der Waals surface area contributed by atoms with Gasteiger partial charge in [-0.3, -0.25) is 4.79 Å². The van der Waals surface area contributed by atoms with E-state index in [4.69, 9.17) is 0 Å². The zero-order chi connectivity index (χ0) is 18.5. The fourth-order valence-electron chi connectivity index (χ4n) is 3.93. The lowest BCUT2D eigenvalue weighted by atomic mass is 9.68. The van der Waals surface area contributed by atoms with Gasteiger partial charge < -0.3 is 0 Å². The van der Waals surface area contributed by atoms with Crippen LogP contribution in [-0.4, -0.2) is 24.4 Å². The Bertz CT molecular complexity index is 1190. The molecule has 1 heterocycles. The van der Waals surface area contributed by atoms with Gasteiger partial charge in [0.15, 0.2) is 5.78 Å². The van der Waals surface area contributed by atoms with Crippen molar-refractivity contribution in [2.75, 3.05) is 6.26 Å². The van der Waals surface area contributed by atoms with Crippen molar-refractivity contribution in [1.82, 2.24) is 3.97 Å². The first-order valence-corrected chi connectivity index (χ1v) is 10.1. The summed E-state index contributed by atoms with van der Waals surface area (Å²) in [6.07, 6.45) is 1.73. The number of aromatic nitrogens is 1. The third kappa shape index (κ3) is 2.14. The number of hydrogen-bond donors (Lipinski definition) is 0. The highest BCUT2D eigenvalue weighted by atomic mass is 32.2. The summed E-state index contributed by atoms with van der Waals surface area (Å²) in [5.74, 6) is -0.328. The highest BCUT2D eigenvalue weighted by Crippen LogP contribution is 2.42. The molecule has 26 heavy (non-hydrogen) atoms. The van der Waals surface area contributed by atoms with E-state index in [1.807, 2.05) is 6.07 Å². The van der Waals surface area contributed by atoms with Crippen LogP contribution >= 0.6 is 0 Å². The molecule has 0 amide bonds. The molecule has 0 radical (unpaired) electrons. The Morgan fingerprint density at radius 2 is 1.73 bits per heavy atom. The third-order valence-electron chi connectivity index (χ3n) is 5.07. The molecule has 0 bridgehead atoms. The van der Waals surface area contributed by atoms with E-state index >= 15 is 0 Å². The van der Waals surface area contributed by atoms with Crippen molar-refractivity contribution in [1.29, 1.82) is 5.26 Å². The second-order valence-electron chi connectivity index (χ2n) is 6.58. The molecule has 4 rings (SSSR count). The molecule has 0 spiro atoms. The summed E-state index contributed by atoms with van der Waals surface area (Å²) in [4.78, 5) is 13.5. The van der Waals surface area contributed by atoms with E-state index in [1.165, 1.54) is 3.97 Å². The van der Waals surface area contributed by atoms with Crippen LogP contribution in [0.1, 0.15) is 28.0 Å². The fourth-order valence-corrected chi connectivity index (χ4v) is 5.02. The lowest BCUT2D eigenvalue weighted by molar-refractivity contribution is 0.0905. The number of nitriles is 1. The number of rotatable bonds is 2. The lowest BCUT2D eigenvalue weighted by Gasteiger charge is -2.30. The highest BCUT2D eigenvalue weighted by Gasteiger charge is 2.47. The monoisotopic (exact) mass is 364 g/mol. The molecule has 0 aliphatic heterocycles. The number of carbonyl (C=O) groups excluding carboxylic acids is 1. The Labute approximate surface area is 151 Å². The normalized spacial score (nSPS) is 19.9. The average Bonchev–Trinajstić information content (AvgIpc) is 2.98. The zero-order valence-electron chi connectivity index (χ0n) is 14.1. The molecule has 3 aromatic rings. The Morgan fingerprint density at radius 1 is 1.08 bits per heavy atom. The molecule has 0 unspecified atom stereocenters. The maximum atomic E-state index is 13.5. The van der Waals surface area contributed by atoms with Crippen LogP contribution in [0.4, 0.5) is 0 Å². The van der Waals surface area contributed by atoms with E-state index < -0.39 is 15.4 Å². The molecule has 1 aliphatic rings. The van der Waals surface area contributed by atoms with Gasteiger partial charge >= 0.3 is 0 Å². The fraction of sp³-hybridized carbons (Fsp3) is 0.200. The van der Waals surface area contributed by atoms with Gasteiger partial charge in [-0.2, -0.15) is 5.26 Å². The SMILES string of the molecule is CS(=O)(=O)n1c2c(c3ccccc31)C(=O)[C@@](C#N)(c1ccccc1)CC2. The van der Waals surface area contributed by atoms with E-state index in [9.17, 15) is 18.5 Å². The molecule has 0 fully saturated rings. The van der Waals surface area contributed by atoms with Crippen molar-refractivity contribution in [3.63, 3.8) is 0 Å². The number of Topliss-reactive ketones (excluding diaryl/α,β-unsaturated/α-hetero) is 1. The molecule has 1 aliphatic carbocycles. The molecule has 5 nitrogen and oxygen atoms in total. The molecule has 0 N–H and O–H groups in total. The highest BCUT2D eigenvalue weighted by molar-refractivity contribution is 7.89. The minimum absolute atomic E-state index is 0.255. The van der Waals surface area contributed by atoms with Gasteiger partial charge in [-0.25, -0.2) is 12.4 Å². The van der Waals surface area contributed by atoms with E-state index in [0.29, 0.717) is 34.1 Å². The lowest BCUT2D eigenvalue weighted by Crippen LogP contribution is -2.39. The predicted octanol–water partition coefficient (Wildman–Crippen LogP) is 3.04. The summed E-state index contributed by atoms with van der Waals surface area (Å²) in [7, 11) is -3.58. The topological polar surface area (TPSA) is 79.9 Å². The van der Waals surface area contributed by atoms with Gasteiger partial charge in [-0.15, -0.1) is 0 Å². The van der Waals surface area contributed by atoms with Crippen LogP contribution in [0.15, 0.2) is 54.6 Å². The maximum absolute atomic E-state index is 13.5. The number of carbonyl (C=O) groups is 1. The smallest absolute Gasteiger partial charge is 0.236 e. The Balaban J connectivity index is 2.06. The summed E-state index contributed by atoms with van der Waals surface area (Å²) in [6.45, 7) is 0. The van der Waals surface area contributed by atoms with Crippen molar-refractivity contribution in [2.45, 2.75) is 18.3 Å². The number of benzene rings is 2. The van der Waals surface area contributed by atoms with Crippen LogP contribution in [-0.2, 0) is 21.9 Å². The number of fused-ring (bicyclic) bond motifs is 3. The molecule has 0 saturated carbocycles. The molecule has 2 aromatic carbocycles. The van der Waals surface area contributed by atoms with Crippen molar-refractivity contribution in [3.05, 3.63) is 71.4 Å². The molecule has 0 saturated heterocycles. The van der Waals surface area contributed by atoms with Gasteiger partial charge in [0, 0.05) is 16.6 Å². The average molecular weight is 364 g/mol.